The third-order valence-corrected chi connectivity index (χ3v) is 3.16. The molecular formula is C7H8ClIN2O2. The Hall–Kier alpha value is -0.140. The predicted molar refractivity (Wildman–Crippen MR) is 56.9 cm³/mol. The number of aliphatic hydroxyl groups excluding tert-OH is 1. The van der Waals surface area contributed by atoms with Gasteiger partial charge in [0.05, 0.1) is 22.3 Å². The van der Waals surface area contributed by atoms with E-state index >= 15 is 0 Å². The Morgan fingerprint density at radius 3 is 2.62 bits per heavy atom. The van der Waals surface area contributed by atoms with Gasteiger partial charge >= 0.3 is 0 Å². The highest BCUT2D eigenvalue weighted by atomic mass is 127. The van der Waals surface area contributed by atoms with Gasteiger partial charge in [-0.25, -0.2) is 0 Å². The quantitative estimate of drug-likeness (QED) is 0.846. The third kappa shape index (κ3) is 2.21. The van der Waals surface area contributed by atoms with Crippen molar-refractivity contribution in [1.29, 1.82) is 0 Å². The fraction of sp³-hybridized carbons (Fsp3) is 0.429. The van der Waals surface area contributed by atoms with Crippen molar-refractivity contribution in [3.8, 4) is 5.88 Å². The minimum atomic E-state index is -0.671. The minimum absolute atomic E-state index is 0.275. The molecule has 4 nitrogen and oxygen atoms in total. The van der Waals surface area contributed by atoms with Gasteiger partial charge in [-0.2, -0.15) is 0 Å². The Balaban J connectivity index is 3.32. The van der Waals surface area contributed by atoms with Gasteiger partial charge in [-0.1, -0.05) is 11.6 Å². The maximum Gasteiger partial charge on any atom is 0.240 e. The molecule has 72 valence electrons. The number of hydrogen-bond donors (Lipinski definition) is 1. The van der Waals surface area contributed by atoms with E-state index in [1.165, 1.54) is 7.11 Å². The molecule has 0 amide bonds. The standard InChI is InChI=1S/C7H8ClIN2O2/c1-3(12)4-5(9)6(8)10-11-7(4)13-2/h3,12H,1-2H3. The van der Waals surface area contributed by atoms with E-state index in [-0.39, 0.29) is 5.15 Å². The van der Waals surface area contributed by atoms with Crippen molar-refractivity contribution in [2.45, 2.75) is 13.0 Å². The van der Waals surface area contributed by atoms with Crippen LogP contribution in [-0.2, 0) is 0 Å². The zero-order chi connectivity index (χ0) is 10.0. The first-order valence-electron chi connectivity index (χ1n) is 3.51. The van der Waals surface area contributed by atoms with Crippen LogP contribution in [0.3, 0.4) is 0 Å². The Bertz CT molecular complexity index is 320. The molecule has 0 aliphatic rings. The lowest BCUT2D eigenvalue weighted by Gasteiger charge is -2.11. The summed E-state index contributed by atoms with van der Waals surface area (Å²) in [6.45, 7) is 1.62. The number of aromatic nitrogens is 2. The molecule has 1 heterocycles. The van der Waals surface area contributed by atoms with E-state index in [1.807, 2.05) is 22.6 Å². The van der Waals surface area contributed by atoms with Crippen molar-refractivity contribution >= 4 is 34.2 Å². The summed E-state index contributed by atoms with van der Waals surface area (Å²) < 4.78 is 5.61. The Kier molecular flexibility index (Phi) is 3.69. The highest BCUT2D eigenvalue weighted by molar-refractivity contribution is 14.1. The summed E-state index contributed by atoms with van der Waals surface area (Å²) in [4.78, 5) is 0. The van der Waals surface area contributed by atoms with Gasteiger partial charge < -0.3 is 9.84 Å². The van der Waals surface area contributed by atoms with E-state index in [0.717, 1.165) is 0 Å². The van der Waals surface area contributed by atoms with Crippen LogP contribution in [0.5, 0.6) is 5.88 Å². The van der Waals surface area contributed by atoms with Crippen molar-refractivity contribution < 1.29 is 9.84 Å². The van der Waals surface area contributed by atoms with Crippen LogP contribution in [0.4, 0.5) is 0 Å². The zero-order valence-corrected chi connectivity index (χ0v) is 10.00. The van der Waals surface area contributed by atoms with Crippen LogP contribution in [0, 0.1) is 3.57 Å². The molecule has 1 atom stereocenters. The van der Waals surface area contributed by atoms with Gasteiger partial charge in [0.2, 0.25) is 5.88 Å². The largest absolute Gasteiger partial charge is 0.480 e. The number of ether oxygens (including phenoxy) is 1. The van der Waals surface area contributed by atoms with Crippen LogP contribution in [0.25, 0.3) is 0 Å². The van der Waals surface area contributed by atoms with Gasteiger partial charge in [0, 0.05) is 0 Å². The van der Waals surface area contributed by atoms with E-state index in [4.69, 9.17) is 16.3 Å². The van der Waals surface area contributed by atoms with E-state index < -0.39 is 6.10 Å². The van der Waals surface area contributed by atoms with Crippen molar-refractivity contribution in [2.75, 3.05) is 7.11 Å². The molecule has 1 aromatic heterocycles. The number of hydrogen-bond acceptors (Lipinski definition) is 4. The van der Waals surface area contributed by atoms with Gasteiger partial charge in [-0.3, -0.25) is 0 Å². The molecule has 0 aliphatic carbocycles. The zero-order valence-electron chi connectivity index (χ0n) is 7.08. The Labute approximate surface area is 94.4 Å². The van der Waals surface area contributed by atoms with Crippen LogP contribution in [0.1, 0.15) is 18.6 Å². The number of rotatable bonds is 2. The van der Waals surface area contributed by atoms with Crippen LogP contribution in [-0.4, -0.2) is 22.4 Å². The molecule has 1 aromatic rings. The fourth-order valence-corrected chi connectivity index (χ4v) is 1.83. The predicted octanol–water partition coefficient (Wildman–Crippen LogP) is 1.80. The molecule has 0 bridgehead atoms. The Morgan fingerprint density at radius 1 is 1.54 bits per heavy atom. The van der Waals surface area contributed by atoms with Gasteiger partial charge in [0.15, 0.2) is 5.15 Å². The summed E-state index contributed by atoms with van der Waals surface area (Å²) in [6.07, 6.45) is -0.671. The van der Waals surface area contributed by atoms with E-state index in [2.05, 4.69) is 10.2 Å². The molecule has 1 N–H and O–H groups in total. The molecule has 1 rings (SSSR count). The number of methoxy groups -OCH3 is 1. The minimum Gasteiger partial charge on any atom is -0.480 e. The van der Waals surface area contributed by atoms with E-state index in [0.29, 0.717) is 15.0 Å². The average molecular weight is 315 g/mol. The molecule has 0 aromatic carbocycles. The van der Waals surface area contributed by atoms with Gasteiger partial charge in [0.25, 0.3) is 0 Å². The maximum absolute atomic E-state index is 9.43. The second-order valence-electron chi connectivity index (χ2n) is 2.40. The van der Waals surface area contributed by atoms with Crippen LogP contribution in [0.15, 0.2) is 0 Å². The second kappa shape index (κ2) is 4.39. The molecule has 0 saturated heterocycles. The summed E-state index contributed by atoms with van der Waals surface area (Å²) in [5.41, 5.74) is 0.572. The Morgan fingerprint density at radius 2 is 2.15 bits per heavy atom. The lowest BCUT2D eigenvalue weighted by atomic mass is 10.2. The van der Waals surface area contributed by atoms with Crippen molar-refractivity contribution in [2.24, 2.45) is 0 Å². The van der Waals surface area contributed by atoms with Crippen LogP contribution >= 0.6 is 34.2 Å². The molecule has 6 heteroatoms. The topological polar surface area (TPSA) is 55.2 Å². The monoisotopic (exact) mass is 314 g/mol. The smallest absolute Gasteiger partial charge is 0.240 e. The summed E-state index contributed by atoms with van der Waals surface area (Å²) in [5, 5.41) is 17.1. The van der Waals surface area contributed by atoms with Gasteiger partial charge in [-0.05, 0) is 29.5 Å². The lowest BCUT2D eigenvalue weighted by molar-refractivity contribution is 0.191. The SMILES string of the molecule is COc1nnc(Cl)c(I)c1C(C)O. The highest BCUT2D eigenvalue weighted by Gasteiger charge is 2.17. The van der Waals surface area contributed by atoms with Gasteiger partial charge in [-0.15, -0.1) is 10.2 Å². The van der Waals surface area contributed by atoms with Crippen molar-refractivity contribution in [3.05, 3.63) is 14.3 Å². The molecular weight excluding hydrogens is 306 g/mol. The van der Waals surface area contributed by atoms with Gasteiger partial charge in [0.1, 0.15) is 0 Å². The summed E-state index contributed by atoms with van der Waals surface area (Å²) in [5.74, 6) is 0.309. The van der Waals surface area contributed by atoms with E-state index in [1.54, 1.807) is 6.92 Å². The van der Waals surface area contributed by atoms with Crippen molar-refractivity contribution in [1.82, 2.24) is 10.2 Å². The summed E-state index contributed by atoms with van der Waals surface area (Å²) in [6, 6.07) is 0. The van der Waals surface area contributed by atoms with Crippen molar-refractivity contribution in [3.63, 3.8) is 0 Å². The highest BCUT2D eigenvalue weighted by Crippen LogP contribution is 2.30. The molecule has 0 fully saturated rings. The molecule has 0 radical (unpaired) electrons. The van der Waals surface area contributed by atoms with Crippen LogP contribution in [0.2, 0.25) is 5.15 Å². The normalized spacial score (nSPS) is 12.7. The third-order valence-electron chi connectivity index (χ3n) is 1.49. The average Bonchev–Trinajstić information content (AvgIpc) is 2.08. The number of nitrogens with zero attached hydrogens (tertiary/aromatic N) is 2. The first kappa shape index (κ1) is 10.9. The number of aliphatic hydroxyl groups is 1. The molecule has 13 heavy (non-hydrogen) atoms. The van der Waals surface area contributed by atoms with Crippen LogP contribution < -0.4 is 4.74 Å². The molecule has 1 unspecified atom stereocenters. The first-order chi connectivity index (χ1) is 6.07. The fourth-order valence-electron chi connectivity index (χ4n) is 0.905. The first-order valence-corrected chi connectivity index (χ1v) is 4.97. The summed E-state index contributed by atoms with van der Waals surface area (Å²) >= 11 is 7.73. The maximum atomic E-state index is 9.43. The molecule has 0 spiro atoms. The molecule has 0 saturated carbocycles. The second-order valence-corrected chi connectivity index (χ2v) is 3.84. The van der Waals surface area contributed by atoms with E-state index in [9.17, 15) is 5.11 Å². The number of halogens is 2. The summed E-state index contributed by atoms with van der Waals surface area (Å²) in [7, 11) is 1.47. The molecule has 0 aliphatic heterocycles. The lowest BCUT2D eigenvalue weighted by Crippen LogP contribution is -2.04.